The van der Waals surface area contributed by atoms with Crippen LogP contribution in [0.1, 0.15) is 24.9 Å². The van der Waals surface area contributed by atoms with Crippen molar-refractivity contribution < 1.29 is 0 Å². The minimum atomic E-state index is -0.0248. The lowest BCUT2D eigenvalue weighted by Crippen LogP contribution is -2.10. The van der Waals surface area contributed by atoms with E-state index in [-0.39, 0.29) is 6.04 Å². The lowest BCUT2D eigenvalue weighted by molar-refractivity contribution is 0.711. The molecule has 2 nitrogen and oxygen atoms in total. The van der Waals surface area contributed by atoms with Crippen LogP contribution in [0.3, 0.4) is 0 Å². The second-order valence-electron chi connectivity index (χ2n) is 3.56. The number of benzene rings is 1. The quantitative estimate of drug-likeness (QED) is 0.593. The number of hydrogen-bond acceptors (Lipinski definition) is 2. The lowest BCUT2D eigenvalue weighted by atomic mass is 10.0. The molecular weight excluding hydrogens is 196 g/mol. The summed E-state index contributed by atoms with van der Waals surface area (Å²) in [6.07, 6.45) is 6.55. The molecule has 0 bridgehead atoms. The van der Waals surface area contributed by atoms with Gasteiger partial charge >= 0.3 is 0 Å². The fourth-order valence-electron chi connectivity index (χ4n) is 1.44. The molecule has 0 fully saturated rings. The molecule has 0 radical (unpaired) electrons. The van der Waals surface area contributed by atoms with Crippen LogP contribution >= 0.6 is 0 Å². The van der Waals surface area contributed by atoms with Gasteiger partial charge in [0.25, 0.3) is 0 Å². The minimum Gasteiger partial charge on any atom is -0.324 e. The Labute approximate surface area is 97.2 Å². The SMILES string of the molecule is C=N/C(=C\C=C/C)CC(N)c1ccccc1. The molecule has 1 rings (SSSR count). The number of allylic oxidation sites excluding steroid dienone is 3. The zero-order valence-corrected chi connectivity index (χ0v) is 9.63. The van der Waals surface area contributed by atoms with E-state index in [1.807, 2.05) is 55.5 Å². The van der Waals surface area contributed by atoms with Gasteiger partial charge in [-0.25, -0.2) is 0 Å². The molecular formula is C14H18N2. The smallest absolute Gasteiger partial charge is 0.0415 e. The largest absolute Gasteiger partial charge is 0.324 e. The number of nitrogens with two attached hydrogens (primary N) is 1. The van der Waals surface area contributed by atoms with Crippen LogP contribution in [0.4, 0.5) is 0 Å². The van der Waals surface area contributed by atoms with Gasteiger partial charge in [0.05, 0.1) is 0 Å². The average Bonchev–Trinajstić information content (AvgIpc) is 2.35. The number of aliphatic imine (C=N–C) groups is 1. The first-order chi connectivity index (χ1) is 7.77. The molecule has 1 aromatic carbocycles. The highest BCUT2D eigenvalue weighted by Crippen LogP contribution is 2.18. The van der Waals surface area contributed by atoms with Crippen molar-refractivity contribution in [1.82, 2.24) is 0 Å². The fraction of sp³-hybridized carbons (Fsp3) is 0.214. The summed E-state index contributed by atoms with van der Waals surface area (Å²) in [6.45, 7) is 5.52. The second kappa shape index (κ2) is 6.75. The Kier molecular flexibility index (Phi) is 5.23. The third kappa shape index (κ3) is 3.83. The molecule has 84 valence electrons. The Morgan fingerprint density at radius 2 is 2.12 bits per heavy atom. The molecule has 0 aliphatic rings. The average molecular weight is 214 g/mol. The first-order valence-electron chi connectivity index (χ1n) is 5.37. The summed E-state index contributed by atoms with van der Waals surface area (Å²) >= 11 is 0. The third-order valence-corrected chi connectivity index (χ3v) is 2.34. The van der Waals surface area contributed by atoms with Crippen molar-refractivity contribution in [3.63, 3.8) is 0 Å². The summed E-state index contributed by atoms with van der Waals surface area (Å²) in [7, 11) is 0. The number of hydrogen-bond donors (Lipinski definition) is 1. The molecule has 1 atom stereocenters. The monoisotopic (exact) mass is 214 g/mol. The van der Waals surface area contributed by atoms with Gasteiger partial charge in [0, 0.05) is 18.2 Å². The maximum Gasteiger partial charge on any atom is 0.0415 e. The molecule has 1 aromatic rings. The maximum absolute atomic E-state index is 6.09. The van der Waals surface area contributed by atoms with Crippen molar-refractivity contribution in [3.05, 3.63) is 59.8 Å². The van der Waals surface area contributed by atoms with Gasteiger partial charge in [-0.2, -0.15) is 0 Å². The number of nitrogens with zero attached hydrogens (tertiary/aromatic N) is 1. The molecule has 0 aromatic heterocycles. The lowest BCUT2D eigenvalue weighted by Gasteiger charge is -2.11. The van der Waals surface area contributed by atoms with Gasteiger partial charge in [-0.05, 0) is 25.3 Å². The van der Waals surface area contributed by atoms with Crippen LogP contribution in [0, 0.1) is 0 Å². The zero-order chi connectivity index (χ0) is 11.8. The molecule has 0 aliphatic carbocycles. The Bertz CT molecular complexity index is 377. The molecule has 0 heterocycles. The van der Waals surface area contributed by atoms with Crippen LogP contribution in [0.25, 0.3) is 0 Å². The van der Waals surface area contributed by atoms with Crippen molar-refractivity contribution in [2.45, 2.75) is 19.4 Å². The van der Waals surface area contributed by atoms with Gasteiger partial charge < -0.3 is 5.73 Å². The van der Waals surface area contributed by atoms with Crippen molar-refractivity contribution in [2.75, 3.05) is 0 Å². The topological polar surface area (TPSA) is 38.4 Å². The predicted octanol–water partition coefficient (Wildman–Crippen LogP) is 3.24. The maximum atomic E-state index is 6.09. The van der Waals surface area contributed by atoms with Crippen molar-refractivity contribution in [3.8, 4) is 0 Å². The first kappa shape index (κ1) is 12.4. The van der Waals surface area contributed by atoms with E-state index in [0.717, 1.165) is 11.3 Å². The zero-order valence-electron chi connectivity index (χ0n) is 9.63. The fourth-order valence-corrected chi connectivity index (χ4v) is 1.44. The summed E-state index contributed by atoms with van der Waals surface area (Å²) in [4.78, 5) is 3.97. The minimum absolute atomic E-state index is 0.0248. The van der Waals surface area contributed by atoms with E-state index in [1.165, 1.54) is 0 Å². The Morgan fingerprint density at radius 1 is 1.44 bits per heavy atom. The van der Waals surface area contributed by atoms with Gasteiger partial charge in [-0.1, -0.05) is 42.5 Å². The molecule has 0 saturated heterocycles. The standard InChI is InChI=1S/C14H18N2/c1-3-4-10-13(16-2)11-14(15)12-8-6-5-7-9-12/h3-10,14H,2,11,15H2,1H3/b4-3-,13-10-. The van der Waals surface area contributed by atoms with Gasteiger partial charge in [0.1, 0.15) is 0 Å². The van der Waals surface area contributed by atoms with Crippen LogP contribution in [-0.4, -0.2) is 6.72 Å². The Hall–Kier alpha value is -1.67. The van der Waals surface area contributed by atoms with Crippen LogP contribution in [0.2, 0.25) is 0 Å². The van der Waals surface area contributed by atoms with Crippen LogP contribution < -0.4 is 5.73 Å². The molecule has 0 amide bonds. The Balaban J connectivity index is 2.70. The molecule has 1 unspecified atom stereocenters. The third-order valence-electron chi connectivity index (χ3n) is 2.34. The molecule has 2 N–H and O–H groups in total. The number of rotatable bonds is 5. The summed E-state index contributed by atoms with van der Waals surface area (Å²) < 4.78 is 0. The highest BCUT2D eigenvalue weighted by atomic mass is 14.7. The molecule has 0 aliphatic heterocycles. The van der Waals surface area contributed by atoms with E-state index in [0.29, 0.717) is 6.42 Å². The van der Waals surface area contributed by atoms with Gasteiger partial charge in [-0.3, -0.25) is 4.99 Å². The predicted molar refractivity (Wildman–Crippen MR) is 70.4 cm³/mol. The summed E-state index contributed by atoms with van der Waals surface area (Å²) in [5.74, 6) is 0. The van der Waals surface area contributed by atoms with E-state index < -0.39 is 0 Å². The Morgan fingerprint density at radius 3 is 2.69 bits per heavy atom. The normalized spacial score (nSPS) is 14.0. The van der Waals surface area contributed by atoms with Crippen LogP contribution in [0.5, 0.6) is 0 Å². The second-order valence-corrected chi connectivity index (χ2v) is 3.56. The summed E-state index contributed by atoms with van der Waals surface area (Å²) in [6, 6.07) is 10.0. The highest BCUT2D eigenvalue weighted by Gasteiger charge is 2.06. The highest BCUT2D eigenvalue weighted by molar-refractivity contribution is 5.31. The molecule has 2 heteroatoms. The molecule has 0 spiro atoms. The van der Waals surface area contributed by atoms with Crippen molar-refractivity contribution in [2.24, 2.45) is 10.7 Å². The van der Waals surface area contributed by atoms with Crippen LogP contribution in [0.15, 0.2) is 59.2 Å². The first-order valence-corrected chi connectivity index (χ1v) is 5.37. The van der Waals surface area contributed by atoms with Gasteiger partial charge in [0.15, 0.2) is 0 Å². The molecule has 16 heavy (non-hydrogen) atoms. The summed E-state index contributed by atoms with van der Waals surface area (Å²) in [5.41, 5.74) is 8.12. The van der Waals surface area contributed by atoms with E-state index >= 15 is 0 Å². The van der Waals surface area contributed by atoms with Crippen LogP contribution in [-0.2, 0) is 0 Å². The van der Waals surface area contributed by atoms with E-state index in [2.05, 4.69) is 11.7 Å². The van der Waals surface area contributed by atoms with Crippen molar-refractivity contribution >= 4 is 6.72 Å². The van der Waals surface area contributed by atoms with E-state index in [1.54, 1.807) is 0 Å². The van der Waals surface area contributed by atoms with Gasteiger partial charge in [-0.15, -0.1) is 0 Å². The molecule has 0 saturated carbocycles. The summed E-state index contributed by atoms with van der Waals surface area (Å²) in [5, 5.41) is 0. The van der Waals surface area contributed by atoms with E-state index in [4.69, 9.17) is 5.73 Å². The van der Waals surface area contributed by atoms with Crippen molar-refractivity contribution in [1.29, 1.82) is 0 Å². The van der Waals surface area contributed by atoms with E-state index in [9.17, 15) is 0 Å². The van der Waals surface area contributed by atoms with Gasteiger partial charge in [0.2, 0.25) is 0 Å².